The van der Waals surface area contributed by atoms with Crippen LogP contribution in [0.1, 0.15) is 10.5 Å². The third-order valence-corrected chi connectivity index (χ3v) is 6.55. The molecule has 0 spiro atoms. The summed E-state index contributed by atoms with van der Waals surface area (Å²) in [4.78, 5) is 32.2. The zero-order chi connectivity index (χ0) is 17.4. The first-order valence-corrected chi connectivity index (χ1v) is 10.5. The van der Waals surface area contributed by atoms with Crippen LogP contribution < -0.4 is 0 Å². The van der Waals surface area contributed by atoms with E-state index < -0.39 is 6.04 Å². The van der Waals surface area contributed by atoms with Crippen LogP contribution in [0.2, 0.25) is 0 Å². The first-order valence-electron chi connectivity index (χ1n) is 8.17. The van der Waals surface area contributed by atoms with Crippen molar-refractivity contribution in [3.63, 3.8) is 0 Å². The Kier molecular flexibility index (Phi) is 4.64. The van der Waals surface area contributed by atoms with Crippen LogP contribution in [0.4, 0.5) is 4.39 Å². The summed E-state index contributed by atoms with van der Waals surface area (Å²) < 4.78 is 13.9. The van der Waals surface area contributed by atoms with Gasteiger partial charge < -0.3 is 14.8 Å². The minimum absolute atomic E-state index is 0.0286. The summed E-state index contributed by atoms with van der Waals surface area (Å²) in [5, 5.41) is 0.397. The fourth-order valence-electron chi connectivity index (χ4n) is 3.23. The van der Waals surface area contributed by atoms with E-state index in [0.29, 0.717) is 28.2 Å². The van der Waals surface area contributed by atoms with Crippen LogP contribution in [-0.4, -0.2) is 68.9 Å². The average Bonchev–Trinajstić information content (AvgIpc) is 3.29. The maximum absolute atomic E-state index is 13.9. The number of benzene rings is 1. The van der Waals surface area contributed by atoms with E-state index in [1.165, 1.54) is 12.1 Å². The van der Waals surface area contributed by atoms with Crippen molar-refractivity contribution in [3.8, 4) is 0 Å². The van der Waals surface area contributed by atoms with Crippen molar-refractivity contribution in [2.24, 2.45) is 0 Å². The summed E-state index contributed by atoms with van der Waals surface area (Å²) in [5.41, 5.74) is 0.917. The van der Waals surface area contributed by atoms with E-state index in [1.807, 2.05) is 16.7 Å². The predicted octanol–water partition coefficient (Wildman–Crippen LogP) is 2.40. The highest BCUT2D eigenvalue weighted by Crippen LogP contribution is 2.27. The van der Waals surface area contributed by atoms with Gasteiger partial charge in [0.2, 0.25) is 5.91 Å². The van der Waals surface area contributed by atoms with Gasteiger partial charge in [0.1, 0.15) is 17.6 Å². The van der Waals surface area contributed by atoms with Crippen LogP contribution in [0.5, 0.6) is 0 Å². The number of halogens is 1. The molecule has 2 fully saturated rings. The van der Waals surface area contributed by atoms with Crippen LogP contribution in [0.25, 0.3) is 10.9 Å². The zero-order valence-electron chi connectivity index (χ0n) is 13.5. The van der Waals surface area contributed by atoms with Crippen molar-refractivity contribution in [2.75, 3.05) is 36.2 Å². The predicted molar refractivity (Wildman–Crippen MR) is 99.4 cm³/mol. The number of aromatic amines is 1. The van der Waals surface area contributed by atoms with E-state index in [0.717, 1.165) is 24.6 Å². The molecule has 5 nitrogen and oxygen atoms in total. The number of amides is 2. The van der Waals surface area contributed by atoms with Crippen LogP contribution in [0.15, 0.2) is 24.3 Å². The van der Waals surface area contributed by atoms with Crippen LogP contribution >= 0.6 is 23.5 Å². The highest BCUT2D eigenvalue weighted by molar-refractivity contribution is 7.99. The average molecular weight is 379 g/mol. The number of nitrogens with one attached hydrogen (secondary N) is 1. The monoisotopic (exact) mass is 379 g/mol. The van der Waals surface area contributed by atoms with Crippen LogP contribution in [-0.2, 0) is 4.79 Å². The number of fused-ring (bicyclic) bond motifs is 1. The van der Waals surface area contributed by atoms with E-state index in [1.54, 1.807) is 28.8 Å². The van der Waals surface area contributed by atoms with Gasteiger partial charge in [0.25, 0.3) is 5.91 Å². The molecule has 0 bridgehead atoms. The Labute approximate surface area is 153 Å². The molecule has 1 aromatic carbocycles. The number of H-pyrrole nitrogens is 1. The zero-order valence-corrected chi connectivity index (χ0v) is 15.2. The second kappa shape index (κ2) is 6.92. The Hall–Kier alpha value is -1.67. The SMILES string of the molecule is O=C(C1CSCN1C(=O)c1cc2c(F)cccc2[nH]1)N1CCSCC1. The van der Waals surface area contributed by atoms with Crippen molar-refractivity contribution in [1.29, 1.82) is 0 Å². The highest BCUT2D eigenvalue weighted by Gasteiger charge is 2.38. The van der Waals surface area contributed by atoms with Gasteiger partial charge in [0.05, 0.1) is 5.88 Å². The van der Waals surface area contributed by atoms with Crippen LogP contribution in [0, 0.1) is 5.82 Å². The quantitative estimate of drug-likeness (QED) is 0.871. The van der Waals surface area contributed by atoms with Gasteiger partial charge in [0, 0.05) is 41.3 Å². The molecule has 0 aliphatic carbocycles. The van der Waals surface area contributed by atoms with Crippen molar-refractivity contribution < 1.29 is 14.0 Å². The highest BCUT2D eigenvalue weighted by atomic mass is 32.2. The molecule has 4 rings (SSSR count). The molecule has 1 unspecified atom stereocenters. The molecule has 0 saturated carbocycles. The normalized spacial score (nSPS) is 21.1. The maximum atomic E-state index is 13.9. The first-order chi connectivity index (χ1) is 12.1. The molecule has 0 radical (unpaired) electrons. The molecule has 25 heavy (non-hydrogen) atoms. The van der Waals surface area contributed by atoms with Crippen LogP contribution in [0.3, 0.4) is 0 Å². The van der Waals surface area contributed by atoms with Crippen molar-refractivity contribution in [2.45, 2.75) is 6.04 Å². The van der Waals surface area contributed by atoms with Crippen molar-refractivity contribution >= 4 is 46.2 Å². The lowest BCUT2D eigenvalue weighted by atomic mass is 10.2. The third kappa shape index (κ3) is 3.13. The molecule has 2 aliphatic heterocycles. The Balaban J connectivity index is 1.57. The molecule has 1 N–H and O–H groups in total. The summed E-state index contributed by atoms with van der Waals surface area (Å²) in [5.74, 6) is 2.41. The number of rotatable bonds is 2. The summed E-state index contributed by atoms with van der Waals surface area (Å²) in [6.45, 7) is 1.48. The van der Waals surface area contributed by atoms with E-state index in [2.05, 4.69) is 4.98 Å². The molecule has 1 atom stereocenters. The van der Waals surface area contributed by atoms with Gasteiger partial charge in [-0.1, -0.05) is 6.07 Å². The largest absolute Gasteiger partial charge is 0.350 e. The van der Waals surface area contributed by atoms with Gasteiger partial charge in [-0.3, -0.25) is 9.59 Å². The lowest BCUT2D eigenvalue weighted by Gasteiger charge is -2.31. The first kappa shape index (κ1) is 16.8. The number of hydrogen-bond donors (Lipinski definition) is 1. The number of nitrogens with zero attached hydrogens (tertiary/aromatic N) is 2. The molecule has 3 heterocycles. The van der Waals surface area contributed by atoms with E-state index in [9.17, 15) is 14.0 Å². The smallest absolute Gasteiger partial charge is 0.271 e. The van der Waals surface area contributed by atoms with Crippen molar-refractivity contribution in [3.05, 3.63) is 35.8 Å². The maximum Gasteiger partial charge on any atom is 0.271 e. The summed E-state index contributed by atoms with van der Waals surface area (Å²) in [7, 11) is 0. The van der Waals surface area contributed by atoms with Crippen molar-refractivity contribution in [1.82, 2.24) is 14.8 Å². The van der Waals surface area contributed by atoms with Gasteiger partial charge in [-0.15, -0.1) is 11.8 Å². The molecular formula is C17H18FN3O2S2. The fraction of sp³-hybridized carbons (Fsp3) is 0.412. The Morgan fingerprint density at radius 3 is 2.76 bits per heavy atom. The summed E-state index contributed by atoms with van der Waals surface area (Å²) in [6.07, 6.45) is 0. The van der Waals surface area contributed by atoms with E-state index in [4.69, 9.17) is 0 Å². The second-order valence-corrected chi connectivity index (χ2v) is 8.34. The van der Waals surface area contributed by atoms with Gasteiger partial charge in [-0.05, 0) is 18.2 Å². The molecule has 132 valence electrons. The fourth-order valence-corrected chi connectivity index (χ4v) is 5.28. The van der Waals surface area contributed by atoms with Gasteiger partial charge in [-0.25, -0.2) is 4.39 Å². The number of thioether (sulfide) groups is 2. The number of carbonyl (C=O) groups excluding carboxylic acids is 2. The Morgan fingerprint density at radius 2 is 2.00 bits per heavy atom. The van der Waals surface area contributed by atoms with E-state index in [-0.39, 0.29) is 17.6 Å². The molecular weight excluding hydrogens is 361 g/mol. The second-order valence-electron chi connectivity index (χ2n) is 6.11. The third-order valence-electron chi connectivity index (χ3n) is 4.59. The van der Waals surface area contributed by atoms with Gasteiger partial charge in [-0.2, -0.15) is 11.8 Å². The molecule has 1 aromatic heterocycles. The number of carbonyl (C=O) groups is 2. The minimum Gasteiger partial charge on any atom is -0.350 e. The van der Waals surface area contributed by atoms with Gasteiger partial charge in [0.15, 0.2) is 0 Å². The molecule has 2 aliphatic rings. The molecule has 2 aromatic rings. The summed E-state index contributed by atoms with van der Waals surface area (Å²) in [6, 6.07) is 5.82. The van der Waals surface area contributed by atoms with E-state index >= 15 is 0 Å². The lowest BCUT2D eigenvalue weighted by Crippen LogP contribution is -2.51. The Bertz CT molecular complexity index is 819. The number of hydrogen-bond acceptors (Lipinski definition) is 4. The molecule has 2 saturated heterocycles. The molecule has 2 amide bonds. The Morgan fingerprint density at radius 1 is 1.20 bits per heavy atom. The number of aromatic nitrogens is 1. The topological polar surface area (TPSA) is 56.4 Å². The standard InChI is InChI=1S/C17H18FN3O2S2/c18-12-2-1-3-13-11(12)8-14(19-13)16(22)21-10-25-9-15(21)17(23)20-4-6-24-7-5-20/h1-3,8,15,19H,4-7,9-10H2. The van der Waals surface area contributed by atoms with Gasteiger partial charge >= 0.3 is 0 Å². The minimum atomic E-state index is -0.433. The molecule has 8 heteroatoms. The lowest BCUT2D eigenvalue weighted by molar-refractivity contribution is -0.134. The summed E-state index contributed by atoms with van der Waals surface area (Å²) >= 11 is 3.43.